The van der Waals surface area contributed by atoms with E-state index < -0.39 is 66.8 Å². The Morgan fingerprint density at radius 2 is 1.83 bits per heavy atom. The molecule has 17 heteroatoms. The SMILES string of the molecule is CO[C@@H](Cc1cc2nc([C@H](CC(C)(C)C(F)(F)F)NC(=O)OC(C)(C)C)cn2nc1Cl)N1C[C@@H](C(F)(F)F)NC1=O. The Morgan fingerprint density at radius 1 is 1.20 bits per heavy atom. The van der Waals surface area contributed by atoms with Gasteiger partial charge in [-0.05, 0) is 38.8 Å². The van der Waals surface area contributed by atoms with Crippen molar-refractivity contribution >= 4 is 29.4 Å². The number of fused-ring (bicyclic) bond motifs is 1. The fourth-order valence-electron chi connectivity index (χ4n) is 4.07. The van der Waals surface area contributed by atoms with Gasteiger partial charge < -0.3 is 20.1 Å². The van der Waals surface area contributed by atoms with Crippen molar-refractivity contribution in [1.29, 1.82) is 0 Å². The maximum atomic E-state index is 13.7. The van der Waals surface area contributed by atoms with Gasteiger partial charge in [0.15, 0.2) is 10.8 Å². The highest BCUT2D eigenvalue weighted by molar-refractivity contribution is 6.30. The number of alkyl carbamates (subject to hydrolysis) is 1. The Bertz CT molecular complexity index is 1280. The van der Waals surface area contributed by atoms with Gasteiger partial charge in [-0.15, -0.1) is 0 Å². The van der Waals surface area contributed by atoms with E-state index in [0.29, 0.717) is 0 Å². The van der Waals surface area contributed by atoms with Gasteiger partial charge in [0, 0.05) is 13.5 Å². The predicted octanol–water partition coefficient (Wildman–Crippen LogP) is 5.40. The lowest BCUT2D eigenvalue weighted by Gasteiger charge is -2.32. The summed E-state index contributed by atoms with van der Waals surface area (Å²) in [5.41, 5.74) is -2.74. The topological polar surface area (TPSA) is 110 Å². The monoisotopic (exact) mass is 616 g/mol. The van der Waals surface area contributed by atoms with Crippen molar-refractivity contribution in [3.8, 4) is 0 Å². The molecule has 0 aromatic carbocycles. The first-order valence-corrected chi connectivity index (χ1v) is 12.8. The van der Waals surface area contributed by atoms with Crippen LogP contribution in [0.5, 0.6) is 0 Å². The van der Waals surface area contributed by atoms with Crippen molar-refractivity contribution in [1.82, 2.24) is 30.1 Å². The number of carbonyl (C=O) groups excluding carboxylic acids is 2. The third-order valence-electron chi connectivity index (χ3n) is 6.37. The minimum Gasteiger partial charge on any atom is -0.444 e. The van der Waals surface area contributed by atoms with Gasteiger partial charge in [-0.3, -0.25) is 4.90 Å². The molecule has 2 N–H and O–H groups in total. The molecule has 1 aliphatic heterocycles. The predicted molar refractivity (Wildman–Crippen MR) is 134 cm³/mol. The molecule has 3 atom stereocenters. The molecule has 2 aromatic rings. The van der Waals surface area contributed by atoms with Crippen LogP contribution < -0.4 is 10.6 Å². The smallest absolute Gasteiger partial charge is 0.410 e. The second-order valence-electron chi connectivity index (χ2n) is 11.3. The first-order valence-electron chi connectivity index (χ1n) is 12.4. The van der Waals surface area contributed by atoms with Crippen LogP contribution in [-0.2, 0) is 15.9 Å². The number of nitrogens with one attached hydrogen (secondary N) is 2. The van der Waals surface area contributed by atoms with E-state index in [-0.39, 0.29) is 28.5 Å². The van der Waals surface area contributed by atoms with Gasteiger partial charge in [0.25, 0.3) is 0 Å². The van der Waals surface area contributed by atoms with Gasteiger partial charge in [-0.1, -0.05) is 25.4 Å². The molecule has 0 spiro atoms. The molecule has 0 radical (unpaired) electrons. The lowest BCUT2D eigenvalue weighted by molar-refractivity contribution is -0.215. The van der Waals surface area contributed by atoms with Crippen LogP contribution in [0.3, 0.4) is 0 Å². The van der Waals surface area contributed by atoms with Crippen molar-refractivity contribution in [3.05, 3.63) is 28.7 Å². The number of nitrogens with zero attached hydrogens (tertiary/aromatic N) is 4. The molecule has 3 amide bonds. The van der Waals surface area contributed by atoms with E-state index in [2.05, 4.69) is 15.4 Å². The maximum Gasteiger partial charge on any atom is 0.410 e. The zero-order valence-electron chi connectivity index (χ0n) is 23.1. The summed E-state index contributed by atoms with van der Waals surface area (Å²) in [5, 5.41) is 8.34. The van der Waals surface area contributed by atoms with Gasteiger partial charge in [0.1, 0.15) is 17.9 Å². The van der Waals surface area contributed by atoms with Crippen LogP contribution in [0, 0.1) is 5.41 Å². The van der Waals surface area contributed by atoms with Gasteiger partial charge in [0.2, 0.25) is 0 Å². The van der Waals surface area contributed by atoms with Crippen LogP contribution in [-0.4, -0.2) is 75.5 Å². The van der Waals surface area contributed by atoms with Crippen molar-refractivity contribution in [2.45, 2.75) is 83.7 Å². The minimum atomic E-state index is -4.66. The van der Waals surface area contributed by atoms with Crippen molar-refractivity contribution < 1.29 is 45.4 Å². The lowest BCUT2D eigenvalue weighted by atomic mass is 9.84. The Morgan fingerprint density at radius 3 is 2.34 bits per heavy atom. The van der Waals surface area contributed by atoms with E-state index in [1.54, 1.807) is 20.8 Å². The third kappa shape index (κ3) is 7.84. The van der Waals surface area contributed by atoms with Crippen molar-refractivity contribution in [2.75, 3.05) is 13.7 Å². The largest absolute Gasteiger partial charge is 0.444 e. The number of methoxy groups -OCH3 is 1. The number of rotatable bonds is 8. The lowest BCUT2D eigenvalue weighted by Crippen LogP contribution is -2.41. The molecule has 2 aromatic heterocycles. The van der Waals surface area contributed by atoms with E-state index in [1.165, 1.54) is 23.9 Å². The van der Waals surface area contributed by atoms with Crippen LogP contribution in [0.2, 0.25) is 5.15 Å². The molecular weight excluding hydrogens is 586 g/mol. The zero-order valence-corrected chi connectivity index (χ0v) is 23.8. The second kappa shape index (κ2) is 11.3. The Hall–Kier alpha value is -3.01. The van der Waals surface area contributed by atoms with Crippen LogP contribution in [0.4, 0.5) is 35.9 Å². The minimum absolute atomic E-state index is 0.0316. The molecular formula is C24H31ClF6N6O4. The van der Waals surface area contributed by atoms with Crippen LogP contribution in [0.25, 0.3) is 5.65 Å². The standard InChI is InChI=1S/C24H31ClF6N6O4/c1-21(2,3)41-20(39)33-13(9-22(4,5)24(29,30)31)14-10-37-16(32-14)7-12(18(25)35-37)8-17(40-6)36-11-15(23(26,27)28)34-19(36)38/h7,10,13,15,17H,8-9,11H2,1-6H3,(H,33,39)(H,34,38)/t13-,15-,17-/m0/s1. The number of urea groups is 1. The van der Waals surface area contributed by atoms with Gasteiger partial charge in [-0.2, -0.15) is 31.4 Å². The number of amides is 3. The van der Waals surface area contributed by atoms with Gasteiger partial charge in [-0.25, -0.2) is 19.1 Å². The maximum absolute atomic E-state index is 13.7. The Balaban J connectivity index is 1.92. The summed E-state index contributed by atoms with van der Waals surface area (Å²) in [6, 6.07) is -2.88. The van der Waals surface area contributed by atoms with Crippen LogP contribution in [0.15, 0.2) is 12.3 Å². The fourth-order valence-corrected chi connectivity index (χ4v) is 4.29. The fraction of sp³-hybridized carbons (Fsp3) is 0.667. The molecule has 1 fully saturated rings. The number of hydrogen-bond acceptors (Lipinski definition) is 6. The molecule has 10 nitrogen and oxygen atoms in total. The van der Waals surface area contributed by atoms with Crippen LogP contribution in [0.1, 0.15) is 58.3 Å². The summed E-state index contributed by atoms with van der Waals surface area (Å²) in [4.78, 5) is 29.9. The van der Waals surface area contributed by atoms with Crippen LogP contribution >= 0.6 is 11.6 Å². The van der Waals surface area contributed by atoms with Gasteiger partial charge >= 0.3 is 24.5 Å². The number of alkyl halides is 6. The molecule has 0 saturated carbocycles. The van der Waals surface area contributed by atoms with Crippen molar-refractivity contribution in [2.24, 2.45) is 5.41 Å². The molecule has 3 heterocycles. The second-order valence-corrected chi connectivity index (χ2v) is 11.7. The van der Waals surface area contributed by atoms with E-state index >= 15 is 0 Å². The Kier molecular flexibility index (Phi) is 8.99. The molecule has 41 heavy (non-hydrogen) atoms. The van der Waals surface area contributed by atoms with E-state index in [1.807, 2.05) is 5.32 Å². The highest BCUT2D eigenvalue weighted by Gasteiger charge is 2.50. The molecule has 0 unspecified atom stereocenters. The van der Waals surface area contributed by atoms with E-state index in [0.717, 1.165) is 18.7 Å². The molecule has 3 rings (SSSR count). The number of halogens is 7. The Labute approximate surface area is 236 Å². The molecule has 1 saturated heterocycles. The summed E-state index contributed by atoms with van der Waals surface area (Å²) >= 11 is 6.31. The van der Waals surface area contributed by atoms with E-state index in [9.17, 15) is 35.9 Å². The number of aromatic nitrogens is 3. The normalized spacial score (nSPS) is 18.4. The first-order chi connectivity index (χ1) is 18.6. The zero-order chi connectivity index (χ0) is 31.1. The first kappa shape index (κ1) is 32.5. The number of ether oxygens (including phenoxy) is 2. The highest BCUT2D eigenvalue weighted by atomic mass is 35.5. The summed E-state index contributed by atoms with van der Waals surface area (Å²) in [5.74, 6) is 0. The number of hydrogen-bond donors (Lipinski definition) is 2. The summed E-state index contributed by atoms with van der Waals surface area (Å²) in [6.45, 7) is 6.09. The quantitative estimate of drug-likeness (QED) is 0.385. The number of imidazole rings is 1. The molecule has 1 aliphatic rings. The highest BCUT2D eigenvalue weighted by Crippen LogP contribution is 2.43. The average Bonchev–Trinajstić information content (AvgIpc) is 3.38. The molecule has 0 bridgehead atoms. The average molecular weight is 617 g/mol. The summed E-state index contributed by atoms with van der Waals surface area (Å²) in [6.07, 6.45) is -10.8. The van der Waals surface area contributed by atoms with Gasteiger partial charge in [0.05, 0.1) is 29.9 Å². The third-order valence-corrected chi connectivity index (χ3v) is 6.69. The number of carbonyl (C=O) groups is 2. The summed E-state index contributed by atoms with van der Waals surface area (Å²) < 4.78 is 92.2. The van der Waals surface area contributed by atoms with E-state index in [4.69, 9.17) is 21.1 Å². The molecule has 0 aliphatic carbocycles. The molecule has 230 valence electrons. The summed E-state index contributed by atoms with van der Waals surface area (Å²) in [7, 11) is 1.21. The van der Waals surface area contributed by atoms with Crippen molar-refractivity contribution in [3.63, 3.8) is 0 Å².